The number of piperidine rings is 2. The molecule has 0 aromatic carbocycles. The van der Waals surface area contributed by atoms with Gasteiger partial charge in [0.05, 0.1) is 78.5 Å². The number of aryl methyl sites for hydroxylation is 1. The number of ether oxygens (including phenoxy) is 4. The Morgan fingerprint density at radius 3 is 1.51 bits per heavy atom. The lowest BCUT2D eigenvalue weighted by molar-refractivity contribution is 0.191. The smallest absolute Gasteiger partial charge is 0.251 e. The summed E-state index contributed by atoms with van der Waals surface area (Å²) in [6.07, 6.45) is 12.5. The third kappa shape index (κ3) is 12.3. The number of nitrogens with zero attached hydrogens (tertiary/aromatic N) is 8. The van der Waals surface area contributed by atoms with Gasteiger partial charge in [0.2, 0.25) is 0 Å². The number of likely N-dealkylation sites (tertiary alicyclic amines) is 2. The number of hydrogen-bond acceptors (Lipinski definition) is 14. The maximum Gasteiger partial charge on any atom is 0.251 e. The average Bonchev–Trinajstić information content (AvgIpc) is 3.73. The fourth-order valence-electron chi connectivity index (χ4n) is 8.99. The number of fused-ring (bicyclic) bond motifs is 4. The number of halogens is 1. The van der Waals surface area contributed by atoms with Crippen LogP contribution in [0.4, 0.5) is 4.39 Å². The molecule has 67 heavy (non-hydrogen) atoms. The van der Waals surface area contributed by atoms with Gasteiger partial charge in [-0.25, -0.2) is 4.39 Å². The lowest BCUT2D eigenvalue weighted by Crippen LogP contribution is -2.43. The molecular weight excluding hydrogens is 856 g/mol. The molecule has 0 bridgehead atoms. The number of pyridine rings is 6. The highest BCUT2D eigenvalue weighted by molar-refractivity contribution is 5.75. The van der Waals surface area contributed by atoms with Gasteiger partial charge in [-0.1, -0.05) is 7.43 Å². The average molecular weight is 919 g/mol. The largest absolute Gasteiger partial charge is 0.489 e. The topological polar surface area (TPSA) is 163 Å². The summed E-state index contributed by atoms with van der Waals surface area (Å²) in [6.45, 7) is 12.8. The maximum atomic E-state index is 13.7. The highest BCUT2D eigenvalue weighted by Gasteiger charge is 2.22. The minimum Gasteiger partial charge on any atom is -0.489 e. The van der Waals surface area contributed by atoms with Gasteiger partial charge in [-0.2, -0.15) is 0 Å². The predicted octanol–water partition coefficient (Wildman–Crippen LogP) is 5.50. The van der Waals surface area contributed by atoms with Crippen molar-refractivity contribution in [2.75, 3.05) is 65.7 Å². The number of rotatable bonds is 12. The van der Waals surface area contributed by atoms with Crippen molar-refractivity contribution in [2.24, 2.45) is 0 Å². The van der Waals surface area contributed by atoms with Crippen LogP contribution < -0.4 is 40.7 Å². The van der Waals surface area contributed by atoms with Crippen LogP contribution in [-0.2, 0) is 26.2 Å². The van der Waals surface area contributed by atoms with Crippen LogP contribution in [-0.4, -0.2) is 117 Å². The van der Waals surface area contributed by atoms with Crippen LogP contribution in [0.1, 0.15) is 62.9 Å². The van der Waals surface area contributed by atoms with Crippen molar-refractivity contribution in [3.63, 3.8) is 0 Å². The summed E-state index contributed by atoms with van der Waals surface area (Å²) in [5.74, 6) is 2.59. The van der Waals surface area contributed by atoms with E-state index in [4.69, 9.17) is 18.9 Å². The van der Waals surface area contributed by atoms with Gasteiger partial charge in [0.1, 0.15) is 5.82 Å². The first-order valence-electron chi connectivity index (χ1n) is 23.3. The number of nitrogens with one attached hydrogen (secondary N) is 2. The van der Waals surface area contributed by atoms with Crippen LogP contribution in [0.25, 0.3) is 22.1 Å². The molecule has 4 aliphatic rings. The third-order valence-corrected chi connectivity index (χ3v) is 12.8. The molecule has 0 amide bonds. The lowest BCUT2D eigenvalue weighted by Gasteiger charge is -2.32. The van der Waals surface area contributed by atoms with Crippen molar-refractivity contribution >= 4 is 22.1 Å². The first kappa shape index (κ1) is 47.5. The Bertz CT molecular complexity index is 2530. The molecule has 4 aliphatic heterocycles. The van der Waals surface area contributed by atoms with E-state index >= 15 is 0 Å². The zero-order chi connectivity index (χ0) is 45.2. The fraction of sp³-hybridized carbons (Fsp3) is 0.480. The lowest BCUT2D eigenvalue weighted by atomic mass is 10.0. The highest BCUT2D eigenvalue weighted by Crippen LogP contribution is 2.30. The van der Waals surface area contributed by atoms with E-state index in [2.05, 4.69) is 40.4 Å². The summed E-state index contributed by atoms with van der Waals surface area (Å²) in [7, 11) is 0. The Balaban J connectivity index is 0.000000179. The van der Waals surface area contributed by atoms with Crippen molar-refractivity contribution in [2.45, 2.75) is 91.1 Å². The van der Waals surface area contributed by atoms with Crippen molar-refractivity contribution in [3.8, 4) is 23.0 Å². The summed E-state index contributed by atoms with van der Waals surface area (Å²) >= 11 is 0. The second-order valence-corrected chi connectivity index (χ2v) is 17.5. The second kappa shape index (κ2) is 22.7. The Morgan fingerprint density at radius 1 is 0.567 bits per heavy atom. The van der Waals surface area contributed by atoms with E-state index in [0.29, 0.717) is 74.9 Å². The summed E-state index contributed by atoms with van der Waals surface area (Å²) in [4.78, 5) is 47.2. The summed E-state index contributed by atoms with van der Waals surface area (Å²) in [5, 5.41) is 7.25. The maximum absolute atomic E-state index is 13.7. The molecule has 0 spiro atoms. The Labute approximate surface area is 390 Å². The van der Waals surface area contributed by atoms with Crippen LogP contribution in [0.15, 0.2) is 82.9 Å². The Kier molecular flexibility index (Phi) is 16.1. The molecule has 10 rings (SSSR count). The van der Waals surface area contributed by atoms with Crippen LogP contribution in [0.5, 0.6) is 23.0 Å². The van der Waals surface area contributed by atoms with Crippen molar-refractivity contribution < 1.29 is 23.3 Å². The van der Waals surface area contributed by atoms with Crippen molar-refractivity contribution in [1.29, 1.82) is 0 Å². The normalized spacial score (nSPS) is 17.0. The number of hydrogen-bond donors (Lipinski definition) is 2. The van der Waals surface area contributed by atoms with E-state index in [-0.39, 0.29) is 18.5 Å². The van der Waals surface area contributed by atoms with Crippen molar-refractivity contribution in [1.82, 2.24) is 49.5 Å². The van der Waals surface area contributed by atoms with Crippen molar-refractivity contribution in [3.05, 3.63) is 117 Å². The first-order chi connectivity index (χ1) is 32.3. The fourth-order valence-corrected chi connectivity index (χ4v) is 8.99. The van der Waals surface area contributed by atoms with Gasteiger partial charge in [0.25, 0.3) is 11.1 Å². The minimum atomic E-state index is -0.434. The van der Waals surface area contributed by atoms with E-state index in [1.165, 1.54) is 18.3 Å². The van der Waals surface area contributed by atoms with Gasteiger partial charge in [-0.15, -0.1) is 0 Å². The molecule has 0 unspecified atom stereocenters. The molecule has 6 aromatic rings. The summed E-state index contributed by atoms with van der Waals surface area (Å²) in [5.41, 5.74) is 5.84. The Hall–Kier alpha value is -6.01. The van der Waals surface area contributed by atoms with Crippen LogP contribution >= 0.6 is 0 Å². The Morgan fingerprint density at radius 2 is 1.01 bits per heavy atom. The first-order valence-corrected chi connectivity index (χ1v) is 23.3. The molecule has 0 radical (unpaired) electrons. The molecule has 2 N–H and O–H groups in total. The van der Waals surface area contributed by atoms with Crippen LogP contribution in [0.2, 0.25) is 0 Å². The number of aromatic nitrogens is 6. The molecule has 356 valence electrons. The molecule has 16 nitrogen and oxygen atoms in total. The molecule has 6 aromatic heterocycles. The van der Waals surface area contributed by atoms with E-state index in [9.17, 15) is 14.0 Å². The molecular formula is C50H63FN10O6. The van der Waals surface area contributed by atoms with Gasteiger partial charge in [-0.3, -0.25) is 29.5 Å². The van der Waals surface area contributed by atoms with Crippen LogP contribution in [0, 0.1) is 12.7 Å². The van der Waals surface area contributed by atoms with Gasteiger partial charge in [0, 0.05) is 101 Å². The van der Waals surface area contributed by atoms with E-state index in [0.717, 1.165) is 130 Å². The predicted molar refractivity (Wildman–Crippen MR) is 256 cm³/mol. The molecule has 0 saturated carbocycles. The standard InChI is InChI=1S/C25H31N5O3.C24H28FN5O3.CH4/c1-18-13-22-21(28-15-18)3-4-25(31)30(22)10-9-29-7-5-19(6-8-29)26-16-20-14-23-24(17-27-20)33-12-2-11-32-23;25-17-12-21-20(28-14-17)2-3-24(31)30(21)9-8-29-6-4-18(5-7-29)26-15-19-13-22-23(16-27-19)33-11-1-10-32-22;/h3-4,13-15,17,19,26H,2,5-12,16H2,1H3;2-3,12-14,16,18,26H,1,4-11,15H2;1H4. The van der Waals surface area contributed by atoms with Gasteiger partial charge >= 0.3 is 0 Å². The molecule has 2 fully saturated rings. The van der Waals surface area contributed by atoms with Crippen LogP contribution in [0.3, 0.4) is 0 Å². The zero-order valence-corrected chi connectivity index (χ0v) is 37.6. The molecule has 2 saturated heterocycles. The van der Waals surface area contributed by atoms with Gasteiger partial charge in [0.15, 0.2) is 23.0 Å². The molecule has 17 heteroatoms. The SMILES string of the molecule is C.Cc1cnc2ccc(=O)n(CCN3CCC(NCc4cc5c(cn4)OCCCO5)CC3)c2c1.O=c1ccc2ncc(F)cc2n1CCN1CCC(NCc2cc3c(cn2)OCCCO3)CC1. The van der Waals surface area contributed by atoms with E-state index in [1.807, 2.05) is 42.0 Å². The molecule has 0 atom stereocenters. The highest BCUT2D eigenvalue weighted by atomic mass is 19.1. The molecule has 0 aliphatic carbocycles. The van der Waals surface area contributed by atoms with E-state index < -0.39 is 5.82 Å². The molecule has 10 heterocycles. The second-order valence-electron chi connectivity index (χ2n) is 17.5. The monoisotopic (exact) mass is 918 g/mol. The van der Waals surface area contributed by atoms with Gasteiger partial charge < -0.3 is 48.5 Å². The summed E-state index contributed by atoms with van der Waals surface area (Å²) in [6, 6.07) is 14.8. The quantitative estimate of drug-likeness (QED) is 0.158. The zero-order valence-electron chi connectivity index (χ0n) is 37.6. The van der Waals surface area contributed by atoms with Gasteiger partial charge in [-0.05, 0) is 82.5 Å². The summed E-state index contributed by atoms with van der Waals surface area (Å²) < 4.78 is 40.0. The third-order valence-electron chi connectivity index (χ3n) is 12.8. The minimum absolute atomic E-state index is 0. The van der Waals surface area contributed by atoms with E-state index in [1.54, 1.807) is 29.1 Å².